The molecule has 1 aromatic carbocycles. The molecule has 2 aliphatic heterocycles. The summed E-state index contributed by atoms with van der Waals surface area (Å²) in [6.45, 7) is 10.6. The van der Waals surface area contributed by atoms with Crippen LogP contribution in [0.3, 0.4) is 0 Å². The van der Waals surface area contributed by atoms with Crippen LogP contribution in [0.5, 0.6) is 5.75 Å². The molecule has 17 heteroatoms. The van der Waals surface area contributed by atoms with Crippen molar-refractivity contribution in [3.63, 3.8) is 0 Å². The number of hydrogen-bond donors (Lipinski definition) is 4. The third-order valence-corrected chi connectivity index (χ3v) is 16.2. The number of carbonyl (C=O) groups is 4. The quantitative estimate of drug-likeness (QED) is 0.111. The van der Waals surface area contributed by atoms with E-state index in [4.69, 9.17) is 42.6 Å². The number of aliphatic hydroxyl groups excluding tert-OH is 3. The number of esters is 2. The van der Waals surface area contributed by atoms with Gasteiger partial charge in [0.25, 0.3) is 0 Å². The minimum absolute atomic E-state index is 0.0892. The molecular formula is C49H70O17. The Morgan fingerprint density at radius 1 is 0.833 bits per heavy atom. The van der Waals surface area contributed by atoms with Gasteiger partial charge in [0.1, 0.15) is 47.7 Å². The van der Waals surface area contributed by atoms with Gasteiger partial charge in [0, 0.05) is 31.1 Å². The zero-order valence-corrected chi connectivity index (χ0v) is 39.4. The van der Waals surface area contributed by atoms with E-state index in [2.05, 4.69) is 19.9 Å². The number of hydrogen-bond acceptors (Lipinski definition) is 17. The van der Waals surface area contributed by atoms with Gasteiger partial charge in [-0.25, -0.2) is 9.59 Å². The Bertz CT molecular complexity index is 1940. The highest BCUT2D eigenvalue weighted by Gasteiger charge is 2.70. The van der Waals surface area contributed by atoms with Crippen molar-refractivity contribution in [2.24, 2.45) is 40.4 Å². The molecule has 17 atom stereocenters. The number of ether oxygens (including phenoxy) is 9. The Morgan fingerprint density at radius 3 is 2.17 bits per heavy atom. The monoisotopic (exact) mass is 930 g/mol. The first-order valence-corrected chi connectivity index (χ1v) is 23.5. The summed E-state index contributed by atoms with van der Waals surface area (Å²) in [5, 5.41) is 46.7. The molecule has 2 heterocycles. The molecule has 3 saturated carbocycles. The Morgan fingerprint density at radius 2 is 1.52 bits per heavy atom. The molecule has 4 aliphatic carbocycles. The van der Waals surface area contributed by atoms with Gasteiger partial charge < -0.3 is 63.1 Å². The average molecular weight is 931 g/mol. The van der Waals surface area contributed by atoms with Crippen molar-refractivity contribution in [2.45, 2.75) is 166 Å². The number of benzene rings is 1. The maximum atomic E-state index is 14.2. The third kappa shape index (κ3) is 9.52. The Hall–Kier alpha value is -3.68. The number of fused-ring (bicyclic) bond motifs is 5. The molecule has 17 nitrogen and oxygen atoms in total. The topological polar surface area (TPSA) is 232 Å². The minimum atomic E-state index is -1.71. The summed E-state index contributed by atoms with van der Waals surface area (Å²) in [5.74, 6) is -1.58. The molecule has 0 radical (unpaired) electrons. The lowest BCUT2D eigenvalue weighted by Crippen LogP contribution is -2.64. The summed E-state index contributed by atoms with van der Waals surface area (Å²) in [6.07, 6.45) is -6.34. The molecule has 6 aliphatic rings. The molecule has 0 amide bonds. The van der Waals surface area contributed by atoms with Crippen molar-refractivity contribution < 1.29 is 82.2 Å². The zero-order chi connectivity index (χ0) is 47.9. The number of rotatable bonds is 14. The standard InChI is InChI=1S/C49H70O17/c1-25(2)9-16-35(51)26(3)49(57)38(22-34-32-15-12-29-21-31(63-46(56)59-8)17-19-47(29,5)33(32)18-20-48(34,49)6)64-45-42(62-27(4)50)40(37(53)24-61-45)66-44-41(39(54)36(52)23-60-44)65-43(55)28-10-13-30(58-7)14-11-28/h10-14,25-26,31-34,36-42,44-45,52-54,57H,9,15-24H2,1-8H3/t26-,31+,32-,33?,34+,36-,37+,38+,39+,40+,41-,42-,44+,45+,47+,48+,49-/m1/s1. The molecule has 0 spiro atoms. The lowest BCUT2D eigenvalue weighted by atomic mass is 9.46. The molecule has 2 saturated heterocycles. The highest BCUT2D eigenvalue weighted by atomic mass is 16.8. The number of aliphatic hydroxyl groups is 4. The van der Waals surface area contributed by atoms with Crippen LogP contribution in [-0.4, -0.2) is 139 Å². The van der Waals surface area contributed by atoms with E-state index in [0.717, 1.165) is 19.3 Å². The summed E-state index contributed by atoms with van der Waals surface area (Å²) in [5.41, 5.74) is -1.31. The van der Waals surface area contributed by atoms with Crippen LogP contribution in [0.15, 0.2) is 35.9 Å². The van der Waals surface area contributed by atoms with E-state index in [9.17, 15) is 39.6 Å². The molecule has 1 aromatic rings. The molecule has 66 heavy (non-hydrogen) atoms. The number of allylic oxidation sites excluding steroid dienone is 1. The predicted octanol–water partition coefficient (Wildman–Crippen LogP) is 4.81. The van der Waals surface area contributed by atoms with Gasteiger partial charge in [-0.15, -0.1) is 0 Å². The lowest BCUT2D eigenvalue weighted by molar-refractivity contribution is -0.345. The molecule has 0 bridgehead atoms. The fourth-order valence-electron chi connectivity index (χ4n) is 12.4. The molecule has 5 fully saturated rings. The Balaban J connectivity index is 1.17. The first-order chi connectivity index (χ1) is 31.2. The van der Waals surface area contributed by atoms with Crippen molar-refractivity contribution in [1.82, 2.24) is 0 Å². The maximum Gasteiger partial charge on any atom is 0.508 e. The molecule has 1 unspecified atom stereocenters. The van der Waals surface area contributed by atoms with Crippen molar-refractivity contribution in [1.29, 1.82) is 0 Å². The van der Waals surface area contributed by atoms with E-state index in [0.29, 0.717) is 37.9 Å². The van der Waals surface area contributed by atoms with Crippen molar-refractivity contribution >= 4 is 23.9 Å². The van der Waals surface area contributed by atoms with Crippen LogP contribution in [0.4, 0.5) is 4.79 Å². The summed E-state index contributed by atoms with van der Waals surface area (Å²) in [4.78, 5) is 52.5. The highest BCUT2D eigenvalue weighted by Crippen LogP contribution is 2.69. The van der Waals surface area contributed by atoms with Crippen molar-refractivity contribution in [3.05, 3.63) is 41.5 Å². The van der Waals surface area contributed by atoms with Gasteiger partial charge in [-0.2, -0.15) is 0 Å². The van der Waals surface area contributed by atoms with E-state index in [-0.39, 0.29) is 59.6 Å². The minimum Gasteiger partial charge on any atom is -0.497 e. The van der Waals surface area contributed by atoms with Crippen LogP contribution in [-0.2, 0) is 47.5 Å². The van der Waals surface area contributed by atoms with Gasteiger partial charge in [-0.05, 0) is 98.3 Å². The SMILES string of the molecule is COC(=O)O[C@H]1CC[C@@]2(C)C(=CC[C@@H]3C2CC[C@@]2(C)[C@H]3C[C@H](O[C@@H]3OC[C@H](O)[C@H](O[C@@H]4OC[C@@H](O)[C@H](O)[C@H]4OC(=O)c4ccc(OC)cc4)[C@H]3OC(C)=O)[C@]2(O)[C@H](C)C(=O)CCC(C)C)C1. The van der Waals surface area contributed by atoms with Crippen LogP contribution in [0.1, 0.15) is 110 Å². The van der Waals surface area contributed by atoms with Gasteiger partial charge in [0.05, 0.1) is 39.1 Å². The van der Waals surface area contributed by atoms with Gasteiger partial charge in [-0.1, -0.05) is 46.3 Å². The normalized spacial score (nSPS) is 40.1. The fraction of sp³-hybridized carbons (Fsp3) is 0.755. The number of Topliss-reactive ketones (excluding diaryl/α,β-unsaturated/α-hetero) is 1. The third-order valence-electron chi connectivity index (χ3n) is 16.2. The first kappa shape index (κ1) is 50.2. The summed E-state index contributed by atoms with van der Waals surface area (Å²) >= 11 is 0. The smallest absolute Gasteiger partial charge is 0.497 e. The molecule has 4 N–H and O–H groups in total. The highest BCUT2D eigenvalue weighted by molar-refractivity contribution is 5.89. The van der Waals surface area contributed by atoms with Crippen LogP contribution in [0, 0.1) is 40.4 Å². The van der Waals surface area contributed by atoms with E-state index in [1.165, 1.54) is 38.8 Å². The van der Waals surface area contributed by atoms with Crippen LogP contribution in [0.25, 0.3) is 0 Å². The van der Waals surface area contributed by atoms with Gasteiger partial charge in [-0.3, -0.25) is 9.59 Å². The number of ketones is 1. The average Bonchev–Trinajstić information content (AvgIpc) is 3.52. The molecular weight excluding hydrogens is 861 g/mol. The molecule has 368 valence electrons. The largest absolute Gasteiger partial charge is 0.508 e. The first-order valence-electron chi connectivity index (χ1n) is 23.5. The van der Waals surface area contributed by atoms with Crippen molar-refractivity contribution in [3.8, 4) is 5.75 Å². The second kappa shape index (κ2) is 20.1. The number of carbonyl (C=O) groups excluding carboxylic acids is 4. The second-order valence-corrected chi connectivity index (χ2v) is 20.3. The molecule has 7 rings (SSSR count). The maximum absolute atomic E-state index is 14.2. The Labute approximate surface area is 386 Å². The van der Waals surface area contributed by atoms with E-state index in [1.54, 1.807) is 19.1 Å². The molecule has 0 aromatic heterocycles. The van der Waals surface area contributed by atoms with Gasteiger partial charge >= 0.3 is 18.1 Å². The zero-order valence-electron chi connectivity index (χ0n) is 39.4. The van der Waals surface area contributed by atoms with E-state index >= 15 is 0 Å². The van der Waals surface area contributed by atoms with Crippen LogP contribution >= 0.6 is 0 Å². The van der Waals surface area contributed by atoms with E-state index in [1.807, 2.05) is 13.8 Å². The lowest BCUT2D eigenvalue weighted by Gasteiger charge is -2.59. The van der Waals surface area contributed by atoms with E-state index < -0.39 is 96.9 Å². The summed E-state index contributed by atoms with van der Waals surface area (Å²) in [7, 11) is 2.78. The summed E-state index contributed by atoms with van der Waals surface area (Å²) in [6, 6.07) is 6.02. The second-order valence-electron chi connectivity index (χ2n) is 20.3. The van der Waals surface area contributed by atoms with Crippen LogP contribution in [0.2, 0.25) is 0 Å². The van der Waals surface area contributed by atoms with Crippen LogP contribution < -0.4 is 4.74 Å². The van der Waals surface area contributed by atoms with Crippen molar-refractivity contribution in [2.75, 3.05) is 27.4 Å². The van der Waals surface area contributed by atoms with Gasteiger partial charge in [0.2, 0.25) is 0 Å². The predicted molar refractivity (Wildman–Crippen MR) is 233 cm³/mol. The fourth-order valence-corrected chi connectivity index (χ4v) is 12.4. The number of methoxy groups -OCH3 is 2. The Kier molecular flexibility index (Phi) is 15.3. The summed E-state index contributed by atoms with van der Waals surface area (Å²) < 4.78 is 52.1. The van der Waals surface area contributed by atoms with Gasteiger partial charge in [0.15, 0.2) is 24.8 Å².